The van der Waals surface area contributed by atoms with E-state index in [0.29, 0.717) is 5.95 Å². The van der Waals surface area contributed by atoms with Crippen LogP contribution >= 0.6 is 0 Å². The van der Waals surface area contributed by atoms with Crippen molar-refractivity contribution >= 4 is 23.0 Å². The third kappa shape index (κ3) is 4.95. The molecule has 180 valence electrons. The number of rotatable bonds is 7. The van der Waals surface area contributed by atoms with E-state index in [1.54, 1.807) is 0 Å². The van der Waals surface area contributed by atoms with Gasteiger partial charge in [0.1, 0.15) is 5.75 Å². The fourth-order valence-corrected chi connectivity index (χ4v) is 5.02. The Morgan fingerprint density at radius 3 is 2.63 bits per heavy atom. The normalized spacial score (nSPS) is 16.0. The lowest BCUT2D eigenvalue weighted by atomic mass is 10.0. The number of ether oxygens (including phenoxy) is 1. The summed E-state index contributed by atoms with van der Waals surface area (Å²) in [7, 11) is 0. The van der Waals surface area contributed by atoms with Gasteiger partial charge in [-0.25, -0.2) is 4.52 Å². The molecule has 0 saturated carbocycles. The molecule has 35 heavy (non-hydrogen) atoms. The Labute approximate surface area is 206 Å². The number of fused-ring (bicyclic) bond motifs is 2. The quantitative estimate of drug-likeness (QED) is 0.381. The molecule has 4 aromatic rings. The molecule has 2 N–H and O–H groups in total. The molecule has 1 saturated heterocycles. The molecule has 0 atom stereocenters. The summed E-state index contributed by atoms with van der Waals surface area (Å²) >= 11 is 0. The van der Waals surface area contributed by atoms with Crippen molar-refractivity contribution in [3.63, 3.8) is 0 Å². The highest BCUT2D eigenvalue weighted by Gasteiger charge is 2.14. The van der Waals surface area contributed by atoms with Gasteiger partial charge < -0.3 is 20.3 Å². The SMILES string of the molecule is c1cc(-c2ccc3c(c2)CCCCO3)n2nc(Nc3ccc(NCCN4CCCC4)cc3)nc2c1. The first-order valence-corrected chi connectivity index (χ1v) is 12.8. The zero-order valence-corrected chi connectivity index (χ0v) is 20.0. The number of likely N-dealkylation sites (tertiary alicyclic amines) is 1. The van der Waals surface area contributed by atoms with Crippen molar-refractivity contribution in [3.05, 3.63) is 66.2 Å². The molecule has 7 heteroatoms. The van der Waals surface area contributed by atoms with Gasteiger partial charge in [0.05, 0.1) is 12.3 Å². The largest absolute Gasteiger partial charge is 0.493 e. The summed E-state index contributed by atoms with van der Waals surface area (Å²) in [4.78, 5) is 7.23. The van der Waals surface area contributed by atoms with Crippen LogP contribution in [0.15, 0.2) is 60.7 Å². The van der Waals surface area contributed by atoms with Crippen LogP contribution in [0.25, 0.3) is 16.9 Å². The van der Waals surface area contributed by atoms with Gasteiger partial charge in [0.15, 0.2) is 5.65 Å². The van der Waals surface area contributed by atoms with Crippen molar-refractivity contribution in [3.8, 4) is 17.0 Å². The molecule has 4 heterocycles. The summed E-state index contributed by atoms with van der Waals surface area (Å²) in [5.74, 6) is 1.60. The number of aromatic nitrogens is 3. The van der Waals surface area contributed by atoms with Crippen LogP contribution in [0.5, 0.6) is 5.75 Å². The van der Waals surface area contributed by atoms with E-state index < -0.39 is 0 Å². The molecule has 0 bridgehead atoms. The molecule has 2 aliphatic rings. The molecular formula is C28H32N6O. The topological polar surface area (TPSA) is 66.7 Å². The predicted octanol–water partition coefficient (Wildman–Crippen LogP) is 5.36. The van der Waals surface area contributed by atoms with Gasteiger partial charge in [0.2, 0.25) is 5.95 Å². The predicted molar refractivity (Wildman–Crippen MR) is 141 cm³/mol. The second-order valence-corrected chi connectivity index (χ2v) is 9.42. The molecule has 0 amide bonds. The fourth-order valence-electron chi connectivity index (χ4n) is 5.02. The van der Waals surface area contributed by atoms with E-state index in [0.717, 1.165) is 73.0 Å². The average Bonchev–Trinajstić information content (AvgIpc) is 3.49. The summed E-state index contributed by atoms with van der Waals surface area (Å²) in [6, 6.07) is 20.9. The highest BCUT2D eigenvalue weighted by atomic mass is 16.5. The van der Waals surface area contributed by atoms with Crippen LogP contribution in [-0.4, -0.2) is 52.3 Å². The molecule has 2 aliphatic heterocycles. The summed E-state index contributed by atoms with van der Waals surface area (Å²) < 4.78 is 7.81. The van der Waals surface area contributed by atoms with E-state index >= 15 is 0 Å². The van der Waals surface area contributed by atoms with Gasteiger partial charge >= 0.3 is 0 Å². The third-order valence-corrected chi connectivity index (χ3v) is 6.91. The number of pyridine rings is 1. The summed E-state index contributed by atoms with van der Waals surface area (Å²) in [5.41, 5.74) is 6.33. The Bertz CT molecular complexity index is 1290. The van der Waals surface area contributed by atoms with Crippen molar-refractivity contribution in [1.82, 2.24) is 19.5 Å². The number of nitrogens with zero attached hydrogens (tertiary/aromatic N) is 4. The van der Waals surface area contributed by atoms with Crippen molar-refractivity contribution in [2.75, 3.05) is 43.4 Å². The monoisotopic (exact) mass is 468 g/mol. The molecule has 6 rings (SSSR count). The van der Waals surface area contributed by atoms with Crippen LogP contribution < -0.4 is 15.4 Å². The molecule has 2 aromatic carbocycles. The van der Waals surface area contributed by atoms with E-state index in [-0.39, 0.29) is 0 Å². The number of nitrogens with one attached hydrogen (secondary N) is 2. The van der Waals surface area contributed by atoms with Crippen LogP contribution in [0.1, 0.15) is 31.2 Å². The lowest BCUT2D eigenvalue weighted by Crippen LogP contribution is -2.25. The first-order chi connectivity index (χ1) is 17.3. The van der Waals surface area contributed by atoms with Gasteiger partial charge in [0, 0.05) is 30.0 Å². The first kappa shape index (κ1) is 21.9. The van der Waals surface area contributed by atoms with E-state index in [1.807, 2.05) is 16.6 Å². The maximum absolute atomic E-state index is 5.90. The molecule has 1 fully saturated rings. The van der Waals surface area contributed by atoms with Crippen molar-refractivity contribution in [1.29, 1.82) is 0 Å². The fraction of sp³-hybridized carbons (Fsp3) is 0.357. The number of aryl methyl sites for hydroxylation is 1. The lowest BCUT2D eigenvalue weighted by Gasteiger charge is -2.15. The summed E-state index contributed by atoms with van der Waals surface area (Å²) in [6.07, 6.45) is 5.98. The number of hydrogen-bond acceptors (Lipinski definition) is 6. The van der Waals surface area contributed by atoms with Gasteiger partial charge in [-0.3, -0.25) is 0 Å². The van der Waals surface area contributed by atoms with E-state index in [9.17, 15) is 0 Å². The van der Waals surface area contributed by atoms with Crippen molar-refractivity contribution in [2.45, 2.75) is 32.1 Å². The van der Waals surface area contributed by atoms with Gasteiger partial charge in [-0.2, -0.15) is 4.98 Å². The molecule has 2 aromatic heterocycles. The maximum atomic E-state index is 5.90. The third-order valence-electron chi connectivity index (χ3n) is 6.91. The zero-order chi connectivity index (χ0) is 23.5. The van der Waals surface area contributed by atoms with Gasteiger partial charge in [-0.05, 0) is 105 Å². The molecule has 7 nitrogen and oxygen atoms in total. The van der Waals surface area contributed by atoms with Gasteiger partial charge in [-0.1, -0.05) is 6.07 Å². The smallest absolute Gasteiger partial charge is 0.247 e. The van der Waals surface area contributed by atoms with Gasteiger partial charge in [-0.15, -0.1) is 5.10 Å². The molecular weight excluding hydrogens is 436 g/mol. The van der Waals surface area contributed by atoms with Crippen molar-refractivity contribution < 1.29 is 4.74 Å². The van der Waals surface area contributed by atoms with Gasteiger partial charge in [0.25, 0.3) is 0 Å². The minimum atomic E-state index is 0.588. The van der Waals surface area contributed by atoms with E-state index in [4.69, 9.17) is 14.8 Å². The Kier molecular flexibility index (Phi) is 6.24. The van der Waals surface area contributed by atoms with Crippen LogP contribution in [0.4, 0.5) is 17.3 Å². The first-order valence-electron chi connectivity index (χ1n) is 12.8. The van der Waals surface area contributed by atoms with E-state index in [2.05, 4.69) is 64.1 Å². The number of hydrogen-bond donors (Lipinski definition) is 2. The van der Waals surface area contributed by atoms with Crippen LogP contribution in [0.3, 0.4) is 0 Å². The van der Waals surface area contributed by atoms with Crippen LogP contribution in [0.2, 0.25) is 0 Å². The molecule has 0 radical (unpaired) electrons. The Morgan fingerprint density at radius 2 is 1.74 bits per heavy atom. The van der Waals surface area contributed by atoms with Crippen LogP contribution in [0, 0.1) is 0 Å². The highest BCUT2D eigenvalue weighted by Crippen LogP contribution is 2.30. The molecule has 0 spiro atoms. The average molecular weight is 469 g/mol. The van der Waals surface area contributed by atoms with E-state index in [1.165, 1.54) is 31.5 Å². The standard InChI is InChI=1S/C28H32N6O/c1-4-19-35-26-14-9-21(20-22(26)6-1)25-7-5-8-27-31-28(32-34(25)27)30-24-12-10-23(11-13-24)29-15-18-33-16-2-3-17-33/h5,7-14,20,29H,1-4,6,15-19H2,(H,30,32). The minimum absolute atomic E-state index is 0.588. The maximum Gasteiger partial charge on any atom is 0.247 e. The van der Waals surface area contributed by atoms with Crippen LogP contribution in [-0.2, 0) is 6.42 Å². The molecule has 0 aliphatic carbocycles. The minimum Gasteiger partial charge on any atom is -0.493 e. The Hall–Kier alpha value is -3.58. The number of anilines is 3. The molecule has 0 unspecified atom stereocenters. The highest BCUT2D eigenvalue weighted by molar-refractivity contribution is 5.67. The zero-order valence-electron chi connectivity index (χ0n) is 20.0. The van der Waals surface area contributed by atoms with Crippen molar-refractivity contribution in [2.24, 2.45) is 0 Å². The lowest BCUT2D eigenvalue weighted by molar-refractivity contribution is 0.317. The summed E-state index contributed by atoms with van der Waals surface area (Å²) in [5, 5.41) is 11.7. The Balaban J connectivity index is 1.16. The Morgan fingerprint density at radius 1 is 0.886 bits per heavy atom. The number of benzene rings is 2. The second-order valence-electron chi connectivity index (χ2n) is 9.42. The second kappa shape index (κ2) is 9.96. The summed E-state index contributed by atoms with van der Waals surface area (Å²) in [6.45, 7) is 5.34.